The zero-order valence-electron chi connectivity index (χ0n) is 14.2. The number of imide groups is 2. The Labute approximate surface area is 154 Å². The first-order valence-electron chi connectivity index (χ1n) is 8.08. The summed E-state index contributed by atoms with van der Waals surface area (Å²) >= 11 is 1.54. The molecular weight excluding hydrogens is 357 g/mol. The van der Waals surface area contributed by atoms with Gasteiger partial charge in [-0.25, -0.2) is 14.1 Å². The van der Waals surface area contributed by atoms with Crippen molar-refractivity contribution in [2.75, 3.05) is 20.3 Å². The molecule has 1 saturated heterocycles. The smallest absolute Gasteiger partial charge is 0.284 e. The molecule has 1 aromatic carbocycles. The van der Waals surface area contributed by atoms with E-state index >= 15 is 0 Å². The van der Waals surface area contributed by atoms with Crippen LogP contribution in [0.5, 0.6) is 0 Å². The number of hydrogen-bond donors (Lipinski definition) is 0. The lowest BCUT2D eigenvalue weighted by Crippen LogP contribution is -2.40. The molecule has 0 N–H and O–H groups in total. The van der Waals surface area contributed by atoms with E-state index in [4.69, 9.17) is 0 Å². The van der Waals surface area contributed by atoms with E-state index in [1.807, 2.05) is 17.5 Å². The molecule has 1 fully saturated rings. The van der Waals surface area contributed by atoms with Crippen LogP contribution < -0.4 is 0 Å². The highest BCUT2D eigenvalue weighted by Crippen LogP contribution is 2.16. The lowest BCUT2D eigenvalue weighted by atomic mass is 10.2. The molecule has 1 aliphatic rings. The minimum absolute atomic E-state index is 0.0323. The van der Waals surface area contributed by atoms with Gasteiger partial charge in [-0.05, 0) is 36.2 Å². The highest BCUT2D eigenvalue weighted by atomic mass is 32.1. The molecule has 1 aliphatic heterocycles. The number of urea groups is 1. The Bertz CT molecular complexity index is 825. The number of carbonyl (C=O) groups is 3. The van der Waals surface area contributed by atoms with E-state index in [-0.39, 0.29) is 19.0 Å². The predicted octanol–water partition coefficient (Wildman–Crippen LogP) is 2.31. The van der Waals surface area contributed by atoms with Gasteiger partial charge < -0.3 is 0 Å². The molecule has 0 atom stereocenters. The van der Waals surface area contributed by atoms with Crippen molar-refractivity contribution in [1.29, 1.82) is 0 Å². The minimum atomic E-state index is -0.827. The molecule has 2 aromatic rings. The molecule has 26 heavy (non-hydrogen) atoms. The van der Waals surface area contributed by atoms with Gasteiger partial charge in [0.25, 0.3) is 0 Å². The quantitative estimate of drug-likeness (QED) is 0.550. The fourth-order valence-corrected chi connectivity index (χ4v) is 3.49. The second kappa shape index (κ2) is 7.76. The summed E-state index contributed by atoms with van der Waals surface area (Å²) in [7, 11) is 1.70. The normalized spacial score (nSPS) is 14.8. The summed E-state index contributed by atoms with van der Waals surface area (Å²) in [5.74, 6) is -1.97. The Kier molecular flexibility index (Phi) is 5.43. The largest absolute Gasteiger partial charge is 0.335 e. The maximum Gasteiger partial charge on any atom is 0.335 e. The van der Waals surface area contributed by atoms with Crippen molar-refractivity contribution in [3.63, 3.8) is 0 Å². The van der Waals surface area contributed by atoms with Gasteiger partial charge in [-0.2, -0.15) is 0 Å². The summed E-state index contributed by atoms with van der Waals surface area (Å²) in [5, 5.41) is 1.92. The molecule has 0 unspecified atom stereocenters. The maximum atomic E-state index is 13.3. The topological polar surface area (TPSA) is 60.9 Å². The molecule has 136 valence electrons. The Morgan fingerprint density at radius 2 is 1.85 bits per heavy atom. The van der Waals surface area contributed by atoms with Gasteiger partial charge in [-0.1, -0.05) is 18.2 Å². The fraction of sp³-hybridized carbons (Fsp3) is 0.278. The average molecular weight is 375 g/mol. The molecule has 2 heterocycles. The van der Waals surface area contributed by atoms with Crippen LogP contribution in [-0.4, -0.2) is 52.8 Å². The van der Waals surface area contributed by atoms with Crippen molar-refractivity contribution >= 4 is 29.2 Å². The van der Waals surface area contributed by atoms with Crippen molar-refractivity contribution in [3.05, 3.63) is 58.0 Å². The molecule has 6 nitrogen and oxygen atoms in total. The van der Waals surface area contributed by atoms with Crippen molar-refractivity contribution in [1.82, 2.24) is 14.7 Å². The molecule has 0 spiro atoms. The third-order valence-electron chi connectivity index (χ3n) is 4.02. The van der Waals surface area contributed by atoms with Crippen LogP contribution in [0.4, 0.5) is 9.18 Å². The van der Waals surface area contributed by atoms with E-state index in [9.17, 15) is 18.8 Å². The Morgan fingerprint density at radius 1 is 1.08 bits per heavy atom. The Hall–Kier alpha value is -2.58. The van der Waals surface area contributed by atoms with Crippen molar-refractivity contribution in [2.45, 2.75) is 13.0 Å². The maximum absolute atomic E-state index is 13.3. The summed E-state index contributed by atoms with van der Waals surface area (Å²) in [4.78, 5) is 41.4. The Balaban J connectivity index is 1.61. The molecule has 0 bridgehead atoms. The van der Waals surface area contributed by atoms with E-state index in [0.29, 0.717) is 18.5 Å². The number of rotatable bonds is 7. The molecule has 0 saturated carbocycles. The lowest BCUT2D eigenvalue weighted by Gasteiger charge is -2.22. The molecular formula is C18H18FN3O3S. The fourth-order valence-electron chi connectivity index (χ4n) is 2.79. The summed E-state index contributed by atoms with van der Waals surface area (Å²) < 4.78 is 13.3. The molecule has 0 aliphatic carbocycles. The van der Waals surface area contributed by atoms with Crippen LogP contribution >= 0.6 is 11.3 Å². The number of thiophene rings is 1. The standard InChI is InChI=1S/C18H18FN3O3S/c1-20(11-13-4-2-5-14(19)10-13)12-22-17(24)16(23)21(18(22)25)8-7-15-6-3-9-26-15/h2-6,9-10H,7-8,11-12H2,1H3. The van der Waals surface area contributed by atoms with Crippen LogP contribution in [0, 0.1) is 5.82 Å². The second-order valence-electron chi connectivity index (χ2n) is 6.09. The van der Waals surface area contributed by atoms with E-state index in [1.165, 1.54) is 23.5 Å². The third-order valence-corrected chi connectivity index (χ3v) is 4.96. The molecule has 1 aromatic heterocycles. The SMILES string of the molecule is CN(Cc1cccc(F)c1)CN1C(=O)C(=O)N(CCc2cccs2)C1=O. The van der Waals surface area contributed by atoms with Crippen LogP contribution in [0.1, 0.15) is 10.4 Å². The highest BCUT2D eigenvalue weighted by molar-refractivity contribution is 7.09. The summed E-state index contributed by atoms with van der Waals surface area (Å²) in [6, 6.07) is 9.30. The monoisotopic (exact) mass is 375 g/mol. The van der Waals surface area contributed by atoms with Crippen molar-refractivity contribution < 1.29 is 18.8 Å². The van der Waals surface area contributed by atoms with Crippen LogP contribution in [0.25, 0.3) is 0 Å². The lowest BCUT2D eigenvalue weighted by molar-refractivity contribution is -0.143. The minimum Gasteiger partial charge on any atom is -0.284 e. The molecule has 0 radical (unpaired) electrons. The van der Waals surface area contributed by atoms with Gasteiger partial charge in [0, 0.05) is 24.4 Å². The van der Waals surface area contributed by atoms with Crippen molar-refractivity contribution in [3.8, 4) is 0 Å². The van der Waals surface area contributed by atoms with Crippen LogP contribution in [0.2, 0.25) is 0 Å². The number of nitrogens with zero attached hydrogens (tertiary/aromatic N) is 3. The number of hydrogen-bond acceptors (Lipinski definition) is 5. The predicted molar refractivity (Wildman–Crippen MR) is 94.7 cm³/mol. The van der Waals surface area contributed by atoms with Crippen LogP contribution in [0.15, 0.2) is 41.8 Å². The van der Waals surface area contributed by atoms with E-state index < -0.39 is 17.8 Å². The van der Waals surface area contributed by atoms with E-state index in [0.717, 1.165) is 14.7 Å². The van der Waals surface area contributed by atoms with Crippen molar-refractivity contribution in [2.24, 2.45) is 0 Å². The first kappa shape index (κ1) is 18.2. The van der Waals surface area contributed by atoms with Gasteiger partial charge in [-0.3, -0.25) is 19.4 Å². The zero-order valence-corrected chi connectivity index (χ0v) is 15.0. The van der Waals surface area contributed by atoms with E-state index in [1.54, 1.807) is 24.1 Å². The van der Waals surface area contributed by atoms with Gasteiger partial charge in [0.15, 0.2) is 0 Å². The summed E-state index contributed by atoms with van der Waals surface area (Å²) in [5.41, 5.74) is 0.715. The number of benzene rings is 1. The number of halogens is 1. The van der Waals surface area contributed by atoms with Gasteiger partial charge in [0.2, 0.25) is 0 Å². The number of carbonyl (C=O) groups excluding carboxylic acids is 3. The third kappa shape index (κ3) is 3.97. The van der Waals surface area contributed by atoms with Gasteiger partial charge in [0.05, 0.1) is 6.67 Å². The first-order valence-corrected chi connectivity index (χ1v) is 8.96. The molecule has 3 rings (SSSR count). The van der Waals surface area contributed by atoms with Gasteiger partial charge in [0.1, 0.15) is 5.82 Å². The van der Waals surface area contributed by atoms with Gasteiger partial charge in [-0.15, -0.1) is 11.3 Å². The molecule has 4 amide bonds. The summed E-state index contributed by atoms with van der Waals surface area (Å²) in [6.45, 7) is 0.488. The Morgan fingerprint density at radius 3 is 2.54 bits per heavy atom. The molecule has 8 heteroatoms. The van der Waals surface area contributed by atoms with E-state index in [2.05, 4.69) is 0 Å². The van der Waals surface area contributed by atoms with Crippen LogP contribution in [-0.2, 0) is 22.6 Å². The second-order valence-corrected chi connectivity index (χ2v) is 7.12. The zero-order chi connectivity index (χ0) is 18.7. The van der Waals surface area contributed by atoms with Crippen LogP contribution in [0.3, 0.4) is 0 Å². The van der Waals surface area contributed by atoms with Gasteiger partial charge >= 0.3 is 17.8 Å². The summed E-state index contributed by atoms with van der Waals surface area (Å²) in [6.07, 6.45) is 0.523. The highest BCUT2D eigenvalue weighted by Gasteiger charge is 2.44. The number of amides is 4. The first-order chi connectivity index (χ1) is 12.5. The average Bonchev–Trinajstić information content (AvgIpc) is 3.18.